The molecule has 26 heavy (non-hydrogen) atoms. The second-order valence-corrected chi connectivity index (χ2v) is 7.64. The van der Waals surface area contributed by atoms with Gasteiger partial charge in [-0.15, -0.1) is 0 Å². The zero-order valence-corrected chi connectivity index (χ0v) is 14.8. The Bertz CT molecular complexity index is 938. The van der Waals surface area contributed by atoms with Crippen LogP contribution in [0.4, 0.5) is 0 Å². The highest BCUT2D eigenvalue weighted by Gasteiger charge is 2.35. The van der Waals surface area contributed by atoms with Crippen molar-refractivity contribution in [1.82, 2.24) is 14.5 Å². The van der Waals surface area contributed by atoms with Crippen LogP contribution >= 0.6 is 0 Å². The van der Waals surface area contributed by atoms with Crippen LogP contribution < -0.4 is 0 Å². The number of aromatic nitrogens is 2. The molecule has 5 nitrogen and oxygen atoms in total. The fraction of sp³-hybridized carbons (Fsp3) is 0.429. The molecular weight excluding hydrogens is 326 g/mol. The lowest BCUT2D eigenvalue weighted by molar-refractivity contribution is -0.134. The SMILES string of the molecule is O=C(C1CC1)N1CCCC(Cn2ccnc2-c2ccc3occc3c2)C1. The molecule has 1 aliphatic heterocycles. The Labute approximate surface area is 152 Å². The number of hydrogen-bond donors (Lipinski definition) is 0. The van der Waals surface area contributed by atoms with E-state index >= 15 is 0 Å². The van der Waals surface area contributed by atoms with E-state index < -0.39 is 0 Å². The van der Waals surface area contributed by atoms with Crippen LogP contribution in [-0.4, -0.2) is 33.4 Å². The maximum absolute atomic E-state index is 12.4. The Hall–Kier alpha value is -2.56. The summed E-state index contributed by atoms with van der Waals surface area (Å²) >= 11 is 0. The Balaban J connectivity index is 1.34. The van der Waals surface area contributed by atoms with E-state index in [-0.39, 0.29) is 0 Å². The first-order chi connectivity index (χ1) is 12.8. The normalized spacial score (nSPS) is 20.6. The van der Waals surface area contributed by atoms with E-state index in [2.05, 4.69) is 32.8 Å². The van der Waals surface area contributed by atoms with Crippen LogP contribution in [0.25, 0.3) is 22.4 Å². The van der Waals surface area contributed by atoms with Gasteiger partial charge in [-0.1, -0.05) is 0 Å². The monoisotopic (exact) mass is 349 g/mol. The second kappa shape index (κ2) is 6.31. The van der Waals surface area contributed by atoms with Gasteiger partial charge < -0.3 is 13.9 Å². The third-order valence-electron chi connectivity index (χ3n) is 5.64. The number of furan rings is 1. The summed E-state index contributed by atoms with van der Waals surface area (Å²) in [5.74, 6) is 2.18. The molecule has 0 bridgehead atoms. The minimum Gasteiger partial charge on any atom is -0.464 e. The number of benzene rings is 1. The van der Waals surface area contributed by atoms with Gasteiger partial charge in [0.2, 0.25) is 5.91 Å². The molecule has 1 saturated carbocycles. The van der Waals surface area contributed by atoms with Crippen LogP contribution in [0.3, 0.4) is 0 Å². The number of rotatable bonds is 4. The molecule has 0 radical (unpaired) electrons. The van der Waals surface area contributed by atoms with Crippen molar-refractivity contribution in [3.63, 3.8) is 0 Å². The van der Waals surface area contributed by atoms with Crippen LogP contribution in [0.2, 0.25) is 0 Å². The number of piperidine rings is 1. The molecule has 2 fully saturated rings. The summed E-state index contributed by atoms with van der Waals surface area (Å²) in [6.07, 6.45) is 10.1. The molecule has 0 N–H and O–H groups in total. The highest BCUT2D eigenvalue weighted by Crippen LogP contribution is 2.33. The topological polar surface area (TPSA) is 51.3 Å². The Kier molecular flexibility index (Phi) is 3.80. The van der Waals surface area contributed by atoms with Crippen molar-refractivity contribution in [1.29, 1.82) is 0 Å². The van der Waals surface area contributed by atoms with E-state index in [4.69, 9.17) is 4.42 Å². The van der Waals surface area contributed by atoms with E-state index in [9.17, 15) is 4.79 Å². The molecule has 1 aliphatic carbocycles. The summed E-state index contributed by atoms with van der Waals surface area (Å²) in [4.78, 5) is 19.1. The number of amides is 1. The molecule has 1 saturated heterocycles. The predicted octanol–water partition coefficient (Wildman–Crippen LogP) is 3.94. The van der Waals surface area contributed by atoms with Gasteiger partial charge in [-0.05, 0) is 55.9 Å². The minimum absolute atomic E-state index is 0.319. The van der Waals surface area contributed by atoms with Crippen molar-refractivity contribution < 1.29 is 9.21 Å². The minimum atomic E-state index is 0.319. The van der Waals surface area contributed by atoms with Gasteiger partial charge in [0.25, 0.3) is 0 Å². The average Bonchev–Trinajstić information content (AvgIpc) is 3.23. The molecule has 0 spiro atoms. The molecule has 3 aromatic rings. The van der Waals surface area contributed by atoms with Crippen molar-refractivity contribution in [3.05, 3.63) is 42.9 Å². The van der Waals surface area contributed by atoms with Gasteiger partial charge in [0.15, 0.2) is 0 Å². The fourth-order valence-corrected chi connectivity index (χ4v) is 4.10. The summed E-state index contributed by atoms with van der Waals surface area (Å²) in [7, 11) is 0. The standard InChI is InChI=1S/C21H23N3O2/c25-21(16-3-4-16)24-9-1-2-15(14-24)13-23-10-8-22-20(23)18-5-6-19-17(12-18)7-11-26-19/h5-8,10-12,15-16H,1-4,9,13-14H2. The van der Waals surface area contributed by atoms with Gasteiger partial charge in [0.1, 0.15) is 11.4 Å². The smallest absolute Gasteiger partial charge is 0.225 e. The molecule has 5 rings (SSSR count). The lowest BCUT2D eigenvalue weighted by Gasteiger charge is -2.33. The summed E-state index contributed by atoms with van der Waals surface area (Å²) in [6.45, 7) is 2.72. The Morgan fingerprint density at radius 1 is 1.23 bits per heavy atom. The van der Waals surface area contributed by atoms with Crippen molar-refractivity contribution >= 4 is 16.9 Å². The first-order valence-electron chi connectivity index (χ1n) is 9.55. The van der Waals surface area contributed by atoms with Gasteiger partial charge in [-0.3, -0.25) is 4.79 Å². The van der Waals surface area contributed by atoms with Crippen LogP contribution in [0.5, 0.6) is 0 Å². The molecule has 1 atom stereocenters. The number of fused-ring (bicyclic) bond motifs is 1. The summed E-state index contributed by atoms with van der Waals surface area (Å²) in [6, 6.07) is 8.17. The van der Waals surface area contributed by atoms with Crippen molar-refractivity contribution in [2.45, 2.75) is 32.2 Å². The van der Waals surface area contributed by atoms with E-state index in [0.29, 0.717) is 17.7 Å². The predicted molar refractivity (Wildman–Crippen MR) is 99.5 cm³/mol. The van der Waals surface area contributed by atoms with Crippen LogP contribution in [0, 0.1) is 11.8 Å². The molecule has 2 aliphatic rings. The number of imidazole rings is 1. The van der Waals surface area contributed by atoms with Crippen LogP contribution in [0.15, 0.2) is 47.3 Å². The zero-order valence-electron chi connectivity index (χ0n) is 14.8. The van der Waals surface area contributed by atoms with Gasteiger partial charge >= 0.3 is 0 Å². The fourth-order valence-electron chi connectivity index (χ4n) is 4.10. The van der Waals surface area contributed by atoms with E-state index in [1.807, 2.05) is 18.3 Å². The molecule has 2 aromatic heterocycles. The lowest BCUT2D eigenvalue weighted by Crippen LogP contribution is -2.41. The number of carbonyl (C=O) groups is 1. The lowest BCUT2D eigenvalue weighted by atomic mass is 9.97. The molecule has 1 amide bonds. The molecule has 1 aromatic carbocycles. The van der Waals surface area contributed by atoms with Gasteiger partial charge in [-0.2, -0.15) is 0 Å². The molecule has 5 heteroatoms. The third kappa shape index (κ3) is 2.91. The van der Waals surface area contributed by atoms with Crippen LogP contribution in [0.1, 0.15) is 25.7 Å². The van der Waals surface area contributed by atoms with Crippen molar-refractivity contribution in [2.75, 3.05) is 13.1 Å². The van der Waals surface area contributed by atoms with Gasteiger partial charge in [0.05, 0.1) is 6.26 Å². The number of carbonyl (C=O) groups excluding carboxylic acids is 1. The molecule has 3 heterocycles. The molecule has 134 valence electrons. The van der Waals surface area contributed by atoms with Gasteiger partial charge in [-0.25, -0.2) is 4.98 Å². The van der Waals surface area contributed by atoms with Gasteiger partial charge in [0, 0.05) is 48.9 Å². The van der Waals surface area contributed by atoms with E-state index in [0.717, 1.165) is 61.3 Å². The zero-order chi connectivity index (χ0) is 17.5. The third-order valence-corrected chi connectivity index (χ3v) is 5.64. The highest BCUT2D eigenvalue weighted by molar-refractivity contribution is 5.82. The van der Waals surface area contributed by atoms with E-state index in [1.54, 1.807) is 6.26 Å². The summed E-state index contributed by atoms with van der Waals surface area (Å²) < 4.78 is 7.67. The first-order valence-corrected chi connectivity index (χ1v) is 9.55. The summed E-state index contributed by atoms with van der Waals surface area (Å²) in [5.41, 5.74) is 2.00. The largest absolute Gasteiger partial charge is 0.464 e. The maximum atomic E-state index is 12.4. The van der Waals surface area contributed by atoms with Crippen LogP contribution in [-0.2, 0) is 11.3 Å². The maximum Gasteiger partial charge on any atom is 0.225 e. The number of likely N-dealkylation sites (tertiary alicyclic amines) is 1. The number of hydrogen-bond acceptors (Lipinski definition) is 3. The van der Waals surface area contributed by atoms with Crippen molar-refractivity contribution in [3.8, 4) is 11.4 Å². The quantitative estimate of drug-likeness (QED) is 0.717. The van der Waals surface area contributed by atoms with Crippen molar-refractivity contribution in [2.24, 2.45) is 11.8 Å². The average molecular weight is 349 g/mol. The Morgan fingerprint density at radius 3 is 3.04 bits per heavy atom. The Morgan fingerprint density at radius 2 is 2.15 bits per heavy atom. The number of nitrogens with zero attached hydrogens (tertiary/aromatic N) is 3. The molecule has 1 unspecified atom stereocenters. The highest BCUT2D eigenvalue weighted by atomic mass is 16.3. The summed E-state index contributed by atoms with van der Waals surface area (Å²) in [5, 5.41) is 1.09. The van der Waals surface area contributed by atoms with E-state index in [1.165, 1.54) is 6.42 Å². The first kappa shape index (κ1) is 15.7. The second-order valence-electron chi connectivity index (χ2n) is 7.64. The molecular formula is C21H23N3O2.